The van der Waals surface area contributed by atoms with Crippen molar-refractivity contribution < 1.29 is 14.3 Å². The van der Waals surface area contributed by atoms with E-state index in [2.05, 4.69) is 29.7 Å². The zero-order chi connectivity index (χ0) is 21.5. The minimum atomic E-state index is -0.512. The lowest BCUT2D eigenvalue weighted by molar-refractivity contribution is -0.116. The van der Waals surface area contributed by atoms with Gasteiger partial charge in [-0.3, -0.25) is 4.79 Å². The fourth-order valence-electron chi connectivity index (χ4n) is 3.02. The van der Waals surface area contributed by atoms with Crippen LogP contribution in [0.3, 0.4) is 0 Å². The Hall–Kier alpha value is -2.04. The summed E-state index contributed by atoms with van der Waals surface area (Å²) in [4.78, 5) is 23.6. The minimum absolute atomic E-state index is 0.0455. The molecule has 29 heavy (non-hydrogen) atoms. The number of hydrogen-bond donors (Lipinski definition) is 2. The summed E-state index contributed by atoms with van der Waals surface area (Å²) in [6, 6.07) is 8.12. The van der Waals surface area contributed by atoms with E-state index in [-0.39, 0.29) is 5.91 Å². The van der Waals surface area contributed by atoms with Crippen molar-refractivity contribution in [1.29, 1.82) is 0 Å². The molecule has 0 fully saturated rings. The summed E-state index contributed by atoms with van der Waals surface area (Å²) >= 11 is 0. The van der Waals surface area contributed by atoms with Crippen molar-refractivity contribution in [3.8, 4) is 0 Å². The summed E-state index contributed by atoms with van der Waals surface area (Å²) in [6.07, 6.45) is 10.8. The van der Waals surface area contributed by atoms with E-state index in [0.717, 1.165) is 12.1 Å². The van der Waals surface area contributed by atoms with Crippen molar-refractivity contribution in [2.24, 2.45) is 0 Å². The van der Waals surface area contributed by atoms with E-state index in [1.165, 1.54) is 50.5 Å². The molecular weight excluding hydrogens is 364 g/mol. The van der Waals surface area contributed by atoms with Crippen molar-refractivity contribution in [2.75, 3.05) is 11.9 Å². The van der Waals surface area contributed by atoms with Gasteiger partial charge in [0, 0.05) is 18.7 Å². The standard InChI is InChI=1S/C24H40N2O3/c1-5-6-7-8-9-10-11-13-20-15-17-21(18-16-20)26-22(27)14-12-19-25-23(28)29-24(2,3)4/h15-18H,5-14,19H2,1-4H3,(H,25,28)(H,26,27). The number of unbranched alkanes of at least 4 members (excludes halogenated alkanes) is 6. The smallest absolute Gasteiger partial charge is 0.407 e. The molecule has 5 heteroatoms. The number of aryl methyl sites for hydroxylation is 1. The highest BCUT2D eigenvalue weighted by atomic mass is 16.6. The number of benzene rings is 1. The summed E-state index contributed by atoms with van der Waals surface area (Å²) in [6.45, 7) is 8.12. The summed E-state index contributed by atoms with van der Waals surface area (Å²) in [5.41, 5.74) is 1.62. The molecule has 0 saturated carbocycles. The lowest BCUT2D eigenvalue weighted by Gasteiger charge is -2.19. The number of carbonyl (C=O) groups is 2. The molecule has 2 N–H and O–H groups in total. The predicted octanol–water partition coefficient (Wildman–Crippen LogP) is 6.22. The molecule has 5 nitrogen and oxygen atoms in total. The summed E-state index contributed by atoms with van der Waals surface area (Å²) in [5.74, 6) is -0.0455. The van der Waals surface area contributed by atoms with Crippen LogP contribution in [0.25, 0.3) is 0 Å². The third-order valence-corrected chi connectivity index (χ3v) is 4.56. The van der Waals surface area contributed by atoms with Crippen LogP contribution in [0.4, 0.5) is 10.5 Å². The van der Waals surface area contributed by atoms with E-state index in [0.29, 0.717) is 19.4 Å². The number of rotatable bonds is 13. The maximum Gasteiger partial charge on any atom is 0.407 e. The molecule has 164 valence electrons. The quantitative estimate of drug-likeness (QED) is 0.383. The second kappa shape index (κ2) is 14.0. The van der Waals surface area contributed by atoms with Gasteiger partial charge in [0.2, 0.25) is 5.91 Å². The highest BCUT2D eigenvalue weighted by Gasteiger charge is 2.15. The van der Waals surface area contributed by atoms with E-state index < -0.39 is 11.7 Å². The molecule has 0 aliphatic heterocycles. The maximum absolute atomic E-state index is 12.0. The first-order valence-corrected chi connectivity index (χ1v) is 11.2. The van der Waals surface area contributed by atoms with E-state index in [9.17, 15) is 9.59 Å². The average Bonchev–Trinajstić information content (AvgIpc) is 2.64. The molecule has 1 aromatic carbocycles. The Bertz CT molecular complexity index is 591. The second-order valence-electron chi connectivity index (χ2n) is 8.65. The fraction of sp³-hybridized carbons (Fsp3) is 0.667. The molecule has 0 heterocycles. The van der Waals surface area contributed by atoms with Gasteiger partial charge in [0.05, 0.1) is 0 Å². The molecular formula is C24H40N2O3. The van der Waals surface area contributed by atoms with E-state index in [1.807, 2.05) is 32.9 Å². The number of hydrogen-bond acceptors (Lipinski definition) is 3. The maximum atomic E-state index is 12.0. The van der Waals surface area contributed by atoms with Gasteiger partial charge in [-0.05, 0) is 57.7 Å². The van der Waals surface area contributed by atoms with Crippen molar-refractivity contribution in [2.45, 2.75) is 97.5 Å². The van der Waals surface area contributed by atoms with Gasteiger partial charge in [0.15, 0.2) is 0 Å². The molecule has 0 atom stereocenters. The third-order valence-electron chi connectivity index (χ3n) is 4.56. The number of nitrogens with one attached hydrogen (secondary N) is 2. The Morgan fingerprint density at radius 3 is 2.14 bits per heavy atom. The first-order chi connectivity index (χ1) is 13.8. The Balaban J connectivity index is 2.16. The van der Waals surface area contributed by atoms with Gasteiger partial charge in [-0.1, -0.05) is 57.6 Å². The minimum Gasteiger partial charge on any atom is -0.444 e. The van der Waals surface area contributed by atoms with Gasteiger partial charge in [0.25, 0.3) is 0 Å². The molecule has 0 aromatic heterocycles. The topological polar surface area (TPSA) is 67.4 Å². The van der Waals surface area contributed by atoms with E-state index >= 15 is 0 Å². The normalized spacial score (nSPS) is 11.2. The van der Waals surface area contributed by atoms with Crippen LogP contribution in [0.5, 0.6) is 0 Å². The number of amides is 2. The molecule has 1 rings (SSSR count). The highest BCUT2D eigenvalue weighted by Crippen LogP contribution is 2.14. The Morgan fingerprint density at radius 1 is 0.897 bits per heavy atom. The second-order valence-corrected chi connectivity index (χ2v) is 8.65. The van der Waals surface area contributed by atoms with Crippen LogP contribution in [-0.2, 0) is 16.0 Å². The van der Waals surface area contributed by atoms with Crippen LogP contribution < -0.4 is 10.6 Å². The van der Waals surface area contributed by atoms with Crippen LogP contribution in [0, 0.1) is 0 Å². The fourth-order valence-corrected chi connectivity index (χ4v) is 3.02. The molecule has 0 unspecified atom stereocenters. The summed E-state index contributed by atoms with van der Waals surface area (Å²) in [7, 11) is 0. The Labute approximate surface area is 177 Å². The van der Waals surface area contributed by atoms with Gasteiger partial charge in [0.1, 0.15) is 5.60 Å². The molecule has 0 saturated heterocycles. The van der Waals surface area contributed by atoms with Gasteiger partial charge in [-0.2, -0.15) is 0 Å². The molecule has 0 bridgehead atoms. The van der Waals surface area contributed by atoms with Crippen molar-refractivity contribution in [3.05, 3.63) is 29.8 Å². The van der Waals surface area contributed by atoms with Crippen molar-refractivity contribution >= 4 is 17.7 Å². The predicted molar refractivity (Wildman–Crippen MR) is 120 cm³/mol. The largest absolute Gasteiger partial charge is 0.444 e. The van der Waals surface area contributed by atoms with Gasteiger partial charge in [-0.25, -0.2) is 4.79 Å². The van der Waals surface area contributed by atoms with Crippen molar-refractivity contribution in [3.63, 3.8) is 0 Å². The molecule has 0 spiro atoms. The third kappa shape index (κ3) is 13.7. The SMILES string of the molecule is CCCCCCCCCc1ccc(NC(=O)CCCNC(=O)OC(C)(C)C)cc1. The zero-order valence-corrected chi connectivity index (χ0v) is 18.8. The lowest BCUT2D eigenvalue weighted by atomic mass is 10.0. The molecule has 0 radical (unpaired) electrons. The lowest BCUT2D eigenvalue weighted by Crippen LogP contribution is -2.33. The molecule has 0 aliphatic carbocycles. The van der Waals surface area contributed by atoms with Crippen molar-refractivity contribution in [1.82, 2.24) is 5.32 Å². The molecule has 0 aliphatic rings. The Morgan fingerprint density at radius 2 is 1.52 bits per heavy atom. The number of ether oxygens (including phenoxy) is 1. The summed E-state index contributed by atoms with van der Waals surface area (Å²) < 4.78 is 5.16. The molecule has 2 amide bonds. The van der Waals surface area contributed by atoms with Crippen LogP contribution in [0.1, 0.15) is 91.0 Å². The first kappa shape index (κ1) is 25.0. The zero-order valence-electron chi connectivity index (χ0n) is 18.8. The number of anilines is 1. The number of carbonyl (C=O) groups excluding carboxylic acids is 2. The van der Waals surface area contributed by atoms with Crippen LogP contribution >= 0.6 is 0 Å². The van der Waals surface area contributed by atoms with Crippen LogP contribution in [0.15, 0.2) is 24.3 Å². The highest BCUT2D eigenvalue weighted by molar-refractivity contribution is 5.90. The van der Waals surface area contributed by atoms with Gasteiger partial charge < -0.3 is 15.4 Å². The summed E-state index contributed by atoms with van der Waals surface area (Å²) in [5, 5.41) is 5.57. The monoisotopic (exact) mass is 404 g/mol. The average molecular weight is 405 g/mol. The van der Waals surface area contributed by atoms with Crippen LogP contribution in [-0.4, -0.2) is 24.1 Å². The van der Waals surface area contributed by atoms with Gasteiger partial charge >= 0.3 is 6.09 Å². The number of alkyl carbamates (subject to hydrolysis) is 1. The van der Waals surface area contributed by atoms with E-state index in [1.54, 1.807) is 0 Å². The van der Waals surface area contributed by atoms with Crippen LogP contribution in [0.2, 0.25) is 0 Å². The Kier molecular flexibility index (Phi) is 12.1. The van der Waals surface area contributed by atoms with E-state index in [4.69, 9.17) is 4.74 Å². The molecule has 1 aromatic rings. The first-order valence-electron chi connectivity index (χ1n) is 11.2. The van der Waals surface area contributed by atoms with Gasteiger partial charge in [-0.15, -0.1) is 0 Å².